The number of aryl methyl sites for hydroxylation is 2. The summed E-state index contributed by atoms with van der Waals surface area (Å²) in [4.78, 5) is 20.0. The molecule has 4 rings (SSSR count). The van der Waals surface area contributed by atoms with Gasteiger partial charge in [-0.15, -0.1) is 0 Å². The highest BCUT2D eigenvalue weighted by Gasteiger charge is 2.25. The van der Waals surface area contributed by atoms with Crippen molar-refractivity contribution in [1.29, 1.82) is 0 Å². The van der Waals surface area contributed by atoms with Crippen molar-refractivity contribution in [2.45, 2.75) is 0 Å². The lowest BCUT2D eigenvalue weighted by Gasteiger charge is -2.16. The van der Waals surface area contributed by atoms with E-state index in [9.17, 15) is 4.79 Å². The number of ketones is 1. The molecule has 3 aromatic rings. The lowest BCUT2D eigenvalue weighted by molar-refractivity contribution is 0.1000. The van der Waals surface area contributed by atoms with E-state index in [1.807, 2.05) is 12.1 Å². The van der Waals surface area contributed by atoms with E-state index in [1.165, 1.54) is 4.68 Å². The van der Waals surface area contributed by atoms with Gasteiger partial charge in [-0.3, -0.25) is 14.5 Å². The highest BCUT2D eigenvalue weighted by molar-refractivity contribution is 6.33. The molecule has 0 bridgehead atoms. The minimum absolute atomic E-state index is 0.0317. The third kappa shape index (κ3) is 2.64. The second-order valence-corrected chi connectivity index (χ2v) is 6.76. The zero-order valence-electron chi connectivity index (χ0n) is 15.3. The first-order valence-electron chi connectivity index (χ1n) is 8.50. The van der Waals surface area contributed by atoms with Crippen LogP contribution in [-0.4, -0.2) is 44.1 Å². The maximum Gasteiger partial charge on any atom is 0.262 e. The summed E-state index contributed by atoms with van der Waals surface area (Å²) in [5, 5.41) is 8.76. The van der Waals surface area contributed by atoms with Crippen LogP contribution in [0.4, 0.5) is 5.82 Å². The number of nitrogens with two attached hydrogens (primary N) is 1. The molecule has 1 aliphatic rings. The Labute approximate surface area is 166 Å². The fourth-order valence-electron chi connectivity index (χ4n) is 3.47. The van der Waals surface area contributed by atoms with E-state index >= 15 is 0 Å². The number of aromatic nitrogens is 4. The first kappa shape index (κ1) is 18.1. The molecule has 1 aromatic carbocycles. The fraction of sp³-hybridized carbons (Fsp3) is 0.211. The minimum Gasteiger partial charge on any atom is -0.362 e. The summed E-state index contributed by atoms with van der Waals surface area (Å²) >= 11 is 6.34. The van der Waals surface area contributed by atoms with Gasteiger partial charge in [-0.25, -0.2) is 0 Å². The van der Waals surface area contributed by atoms with Crippen LogP contribution in [0.15, 0.2) is 29.4 Å². The number of halogens is 1. The molecular weight excluding hydrogens is 378 g/mol. The van der Waals surface area contributed by atoms with Gasteiger partial charge in [-0.05, 0) is 11.6 Å². The van der Waals surface area contributed by atoms with Crippen molar-refractivity contribution in [3.05, 3.63) is 52.1 Å². The molecule has 1 aliphatic heterocycles. The topological polar surface area (TPSA) is 95.4 Å². The van der Waals surface area contributed by atoms with E-state index < -0.39 is 0 Å². The molecule has 9 heteroatoms. The Morgan fingerprint density at radius 2 is 2.04 bits per heavy atom. The van der Waals surface area contributed by atoms with Gasteiger partial charge in [0, 0.05) is 30.3 Å². The average Bonchev–Trinajstić information content (AvgIpc) is 3.19. The van der Waals surface area contributed by atoms with Crippen LogP contribution >= 0.6 is 11.6 Å². The van der Waals surface area contributed by atoms with Gasteiger partial charge in [0.15, 0.2) is 10.9 Å². The van der Waals surface area contributed by atoms with Gasteiger partial charge < -0.3 is 10.6 Å². The molecule has 8 nitrogen and oxygen atoms in total. The van der Waals surface area contributed by atoms with Crippen LogP contribution < -0.4 is 5.73 Å². The van der Waals surface area contributed by atoms with Crippen molar-refractivity contribution < 1.29 is 4.79 Å². The van der Waals surface area contributed by atoms with Crippen molar-refractivity contribution >= 4 is 28.9 Å². The highest BCUT2D eigenvalue weighted by atomic mass is 35.5. The second kappa shape index (κ2) is 6.71. The minimum atomic E-state index is -0.0317. The summed E-state index contributed by atoms with van der Waals surface area (Å²) < 4.78 is 3.11. The largest absolute Gasteiger partial charge is 0.362 e. The average molecular weight is 394 g/mol. The zero-order valence-corrected chi connectivity index (χ0v) is 16.0. The summed E-state index contributed by atoms with van der Waals surface area (Å²) in [6.45, 7) is 7.87. The van der Waals surface area contributed by atoms with Gasteiger partial charge >= 0.3 is 0 Å². The predicted octanol–water partition coefficient (Wildman–Crippen LogP) is 2.64. The van der Waals surface area contributed by atoms with E-state index in [1.54, 1.807) is 31.0 Å². The smallest absolute Gasteiger partial charge is 0.262 e. The third-order valence-corrected chi connectivity index (χ3v) is 5.07. The predicted molar refractivity (Wildman–Crippen MR) is 107 cm³/mol. The van der Waals surface area contributed by atoms with Gasteiger partial charge in [-0.2, -0.15) is 9.78 Å². The molecule has 0 unspecified atom stereocenters. The van der Waals surface area contributed by atoms with Crippen molar-refractivity contribution in [3.63, 3.8) is 0 Å². The maximum absolute atomic E-state index is 12.2. The summed E-state index contributed by atoms with van der Waals surface area (Å²) in [6.07, 6.45) is 1.71. The molecule has 0 amide bonds. The maximum atomic E-state index is 12.2. The van der Waals surface area contributed by atoms with Crippen molar-refractivity contribution in [3.8, 4) is 22.4 Å². The lowest BCUT2D eigenvalue weighted by Crippen LogP contribution is -2.24. The van der Waals surface area contributed by atoms with E-state index in [4.69, 9.17) is 23.9 Å². The van der Waals surface area contributed by atoms with Crippen LogP contribution in [0.3, 0.4) is 0 Å². The van der Waals surface area contributed by atoms with Gasteiger partial charge in [-0.1, -0.05) is 35.4 Å². The SMILES string of the molecule is [C-]#[N+]c1c(-c2c(-c3ccc4c(c3)C(CN)=NCC4=O)cnn2C)c(Cl)nn1C. The summed E-state index contributed by atoms with van der Waals surface area (Å²) in [6, 6.07) is 5.54. The number of Topliss-reactive ketones (excluding diaryl/α,β-unsaturated/α-hetero) is 1. The second-order valence-electron chi connectivity index (χ2n) is 6.41. The van der Waals surface area contributed by atoms with Crippen LogP contribution in [0, 0.1) is 6.57 Å². The van der Waals surface area contributed by atoms with Crippen LogP contribution in [0.2, 0.25) is 5.15 Å². The molecule has 3 heterocycles. The Balaban J connectivity index is 1.94. The van der Waals surface area contributed by atoms with Crippen molar-refractivity contribution in [2.75, 3.05) is 13.1 Å². The molecule has 0 saturated heterocycles. The monoisotopic (exact) mass is 393 g/mol. The van der Waals surface area contributed by atoms with Crippen LogP contribution in [0.5, 0.6) is 0 Å². The Kier molecular flexibility index (Phi) is 4.34. The number of carbonyl (C=O) groups is 1. The van der Waals surface area contributed by atoms with E-state index in [0.29, 0.717) is 28.4 Å². The van der Waals surface area contributed by atoms with Crippen molar-refractivity contribution in [1.82, 2.24) is 19.6 Å². The summed E-state index contributed by atoms with van der Waals surface area (Å²) in [5.41, 5.74) is 10.7. The normalized spacial score (nSPS) is 13.2. The molecule has 0 spiro atoms. The zero-order chi connectivity index (χ0) is 20.0. The molecule has 2 N–H and O–H groups in total. The number of aliphatic imine (C=N–C) groups is 1. The Hall–Kier alpha value is -3.28. The van der Waals surface area contributed by atoms with Crippen LogP contribution in [0.1, 0.15) is 15.9 Å². The molecule has 140 valence electrons. The van der Waals surface area contributed by atoms with Gasteiger partial charge in [0.25, 0.3) is 5.82 Å². The number of hydrogen-bond acceptors (Lipinski definition) is 5. The lowest BCUT2D eigenvalue weighted by atomic mass is 9.92. The molecular formula is C19H16ClN7O. The summed E-state index contributed by atoms with van der Waals surface area (Å²) in [7, 11) is 3.46. The van der Waals surface area contributed by atoms with Gasteiger partial charge in [0.2, 0.25) is 0 Å². The van der Waals surface area contributed by atoms with Gasteiger partial charge in [0.05, 0.1) is 30.2 Å². The standard InChI is InChI=1S/C19H16ClN7O/c1-22-19-16(18(20)25-27(19)3)17-13(8-24-26(17)2)10-4-5-11-12(6-10)14(7-21)23-9-15(11)28/h4-6,8H,7,9,21H2,2-3H3. The van der Waals surface area contributed by atoms with Crippen LogP contribution in [0.25, 0.3) is 27.2 Å². The number of fused-ring (bicyclic) bond motifs is 1. The quantitative estimate of drug-likeness (QED) is 0.692. The first-order valence-corrected chi connectivity index (χ1v) is 8.87. The summed E-state index contributed by atoms with van der Waals surface area (Å²) in [5.74, 6) is 0.294. The number of hydrogen-bond donors (Lipinski definition) is 1. The number of benzene rings is 1. The molecule has 0 saturated carbocycles. The molecule has 2 aromatic heterocycles. The number of rotatable bonds is 3. The molecule has 28 heavy (non-hydrogen) atoms. The van der Waals surface area contributed by atoms with Crippen molar-refractivity contribution in [2.24, 2.45) is 24.8 Å². The van der Waals surface area contributed by atoms with Gasteiger partial charge in [0.1, 0.15) is 6.54 Å². The van der Waals surface area contributed by atoms with E-state index in [-0.39, 0.29) is 24.0 Å². The Bertz CT molecular complexity index is 1200. The first-order chi connectivity index (χ1) is 13.5. The molecule has 0 atom stereocenters. The molecule has 0 aliphatic carbocycles. The highest BCUT2D eigenvalue weighted by Crippen LogP contribution is 2.41. The molecule has 0 radical (unpaired) electrons. The van der Waals surface area contributed by atoms with E-state index in [2.05, 4.69) is 20.0 Å². The number of nitrogens with zero attached hydrogens (tertiary/aromatic N) is 6. The number of carbonyl (C=O) groups excluding carboxylic acids is 1. The third-order valence-electron chi connectivity index (χ3n) is 4.80. The fourth-order valence-corrected chi connectivity index (χ4v) is 3.75. The van der Waals surface area contributed by atoms with Crippen LogP contribution in [-0.2, 0) is 14.1 Å². The Morgan fingerprint density at radius 1 is 1.25 bits per heavy atom. The molecule has 0 fully saturated rings. The Morgan fingerprint density at radius 3 is 2.75 bits per heavy atom. The van der Waals surface area contributed by atoms with E-state index in [0.717, 1.165) is 16.7 Å².